The predicted molar refractivity (Wildman–Crippen MR) is 99.4 cm³/mol. The number of hydrogen-bond acceptors (Lipinski definition) is 4. The Kier molecular flexibility index (Phi) is 4.94. The lowest BCUT2D eigenvalue weighted by molar-refractivity contribution is -0.137. The number of carbonyl (C=O) groups is 1. The maximum atomic E-state index is 14.3. The van der Waals surface area contributed by atoms with E-state index in [1.54, 1.807) is 32.0 Å². The zero-order valence-electron chi connectivity index (χ0n) is 15.7. The first-order valence-electron chi connectivity index (χ1n) is 8.94. The van der Waals surface area contributed by atoms with Crippen LogP contribution in [-0.2, 0) is 10.2 Å². The monoisotopic (exact) mass is 356 g/mol. The van der Waals surface area contributed by atoms with Crippen molar-refractivity contribution in [1.82, 2.24) is 14.9 Å². The van der Waals surface area contributed by atoms with Gasteiger partial charge in [0.15, 0.2) is 0 Å². The lowest BCUT2D eigenvalue weighted by Crippen LogP contribution is -2.43. The van der Waals surface area contributed by atoms with Crippen molar-refractivity contribution in [3.63, 3.8) is 0 Å². The molecule has 0 unspecified atom stereocenters. The molecule has 1 amide bonds. The van der Waals surface area contributed by atoms with Gasteiger partial charge >= 0.3 is 0 Å². The fourth-order valence-corrected chi connectivity index (χ4v) is 3.65. The number of nitrogens with zero attached hydrogens (tertiary/aromatic N) is 3. The summed E-state index contributed by atoms with van der Waals surface area (Å²) in [4.78, 5) is 24.1. The number of amides is 1. The van der Waals surface area contributed by atoms with Gasteiger partial charge in [-0.15, -0.1) is 0 Å². The van der Waals surface area contributed by atoms with Crippen molar-refractivity contribution in [3.8, 4) is 0 Å². The highest BCUT2D eigenvalue weighted by atomic mass is 19.1. The summed E-state index contributed by atoms with van der Waals surface area (Å²) in [5.41, 5.74) is 0.310. The van der Waals surface area contributed by atoms with Crippen molar-refractivity contribution >= 4 is 11.7 Å². The number of aryl methyl sites for hydroxylation is 1. The van der Waals surface area contributed by atoms with Gasteiger partial charge in [-0.25, -0.2) is 14.4 Å². The van der Waals surface area contributed by atoms with Crippen molar-refractivity contribution in [2.24, 2.45) is 0 Å². The third-order valence-corrected chi connectivity index (χ3v) is 5.05. The van der Waals surface area contributed by atoms with Crippen LogP contribution in [0.25, 0.3) is 0 Å². The number of rotatable bonds is 4. The molecule has 1 aliphatic heterocycles. The molecule has 138 valence electrons. The second kappa shape index (κ2) is 7.02. The minimum atomic E-state index is -0.943. The lowest BCUT2D eigenvalue weighted by atomic mass is 9.82. The normalized spacial score (nSPS) is 17.4. The lowest BCUT2D eigenvalue weighted by Gasteiger charge is -2.33. The van der Waals surface area contributed by atoms with Crippen LogP contribution in [0.4, 0.5) is 10.2 Å². The van der Waals surface area contributed by atoms with Crippen molar-refractivity contribution in [2.45, 2.75) is 45.1 Å². The minimum Gasteiger partial charge on any atom is -0.373 e. The molecule has 0 spiro atoms. The highest BCUT2D eigenvalue weighted by Crippen LogP contribution is 2.37. The molecule has 3 rings (SSSR count). The topological polar surface area (TPSA) is 58.1 Å². The highest BCUT2D eigenvalue weighted by Gasteiger charge is 2.41. The van der Waals surface area contributed by atoms with E-state index in [4.69, 9.17) is 0 Å². The van der Waals surface area contributed by atoms with Gasteiger partial charge in [-0.05, 0) is 39.7 Å². The Morgan fingerprint density at radius 1 is 1.31 bits per heavy atom. The third kappa shape index (κ3) is 3.28. The van der Waals surface area contributed by atoms with Crippen LogP contribution in [0.3, 0.4) is 0 Å². The molecule has 1 aromatic carbocycles. The molecular formula is C20H25FN4O. The second-order valence-electron chi connectivity index (χ2n) is 7.24. The van der Waals surface area contributed by atoms with Gasteiger partial charge in [0, 0.05) is 25.2 Å². The zero-order valence-corrected chi connectivity index (χ0v) is 15.7. The van der Waals surface area contributed by atoms with Gasteiger partial charge in [0.2, 0.25) is 5.91 Å². The largest absolute Gasteiger partial charge is 0.373 e. The number of halogens is 1. The molecule has 0 radical (unpaired) electrons. The van der Waals surface area contributed by atoms with E-state index in [0.717, 1.165) is 24.4 Å². The van der Waals surface area contributed by atoms with E-state index < -0.39 is 5.41 Å². The maximum absolute atomic E-state index is 14.3. The van der Waals surface area contributed by atoms with Crippen molar-refractivity contribution < 1.29 is 9.18 Å². The van der Waals surface area contributed by atoms with Gasteiger partial charge in [0.05, 0.1) is 17.2 Å². The summed E-state index contributed by atoms with van der Waals surface area (Å²) in [6, 6.07) is 8.27. The van der Waals surface area contributed by atoms with E-state index in [1.165, 1.54) is 6.07 Å². The molecule has 0 aliphatic carbocycles. The Balaban J connectivity index is 1.94. The Labute approximate surface area is 153 Å². The van der Waals surface area contributed by atoms with Crippen LogP contribution >= 0.6 is 0 Å². The summed E-state index contributed by atoms with van der Waals surface area (Å²) in [6.45, 7) is 6.06. The average Bonchev–Trinajstić information content (AvgIpc) is 3.10. The maximum Gasteiger partial charge on any atom is 0.233 e. The number of anilines is 1. The van der Waals surface area contributed by atoms with E-state index in [9.17, 15) is 9.18 Å². The number of hydrogen-bond donors (Lipinski definition) is 1. The van der Waals surface area contributed by atoms with Crippen LogP contribution in [0, 0.1) is 12.7 Å². The molecule has 1 aliphatic rings. The SMILES string of the molecule is CNc1cc([C@@H]2CCCN2C(=O)C(C)(C)c2ccccc2F)nc(C)n1. The van der Waals surface area contributed by atoms with E-state index >= 15 is 0 Å². The first-order chi connectivity index (χ1) is 12.3. The van der Waals surface area contributed by atoms with Crippen molar-refractivity contribution in [2.75, 3.05) is 18.9 Å². The number of aromatic nitrogens is 2. The van der Waals surface area contributed by atoms with Gasteiger partial charge in [0.25, 0.3) is 0 Å². The molecule has 2 heterocycles. The Morgan fingerprint density at radius 2 is 2.04 bits per heavy atom. The molecule has 5 nitrogen and oxygen atoms in total. The predicted octanol–water partition coefficient (Wildman–Crippen LogP) is 3.61. The fourth-order valence-electron chi connectivity index (χ4n) is 3.65. The van der Waals surface area contributed by atoms with E-state index in [-0.39, 0.29) is 17.8 Å². The second-order valence-corrected chi connectivity index (χ2v) is 7.24. The zero-order chi connectivity index (χ0) is 18.9. The summed E-state index contributed by atoms with van der Waals surface area (Å²) in [7, 11) is 1.81. The Hall–Kier alpha value is -2.50. The summed E-state index contributed by atoms with van der Waals surface area (Å²) in [6.07, 6.45) is 1.75. The first-order valence-corrected chi connectivity index (χ1v) is 8.94. The van der Waals surface area contributed by atoms with Crippen LogP contribution in [-0.4, -0.2) is 34.4 Å². The van der Waals surface area contributed by atoms with Crippen LogP contribution in [0.2, 0.25) is 0 Å². The Bertz CT molecular complexity index is 821. The molecule has 1 saturated heterocycles. The van der Waals surface area contributed by atoms with E-state index in [2.05, 4.69) is 15.3 Å². The fraction of sp³-hybridized carbons (Fsp3) is 0.450. The highest BCUT2D eigenvalue weighted by molar-refractivity contribution is 5.88. The standard InChI is InChI=1S/C20H25FN4O/c1-13-23-16(12-18(22-4)24-13)17-10-7-11-25(17)19(26)20(2,3)14-8-5-6-9-15(14)21/h5-6,8-9,12,17H,7,10-11H2,1-4H3,(H,22,23,24)/t17-/m0/s1. The number of likely N-dealkylation sites (tertiary alicyclic amines) is 1. The number of carbonyl (C=O) groups excluding carboxylic acids is 1. The van der Waals surface area contributed by atoms with Gasteiger partial charge in [-0.3, -0.25) is 4.79 Å². The third-order valence-electron chi connectivity index (χ3n) is 5.05. The van der Waals surface area contributed by atoms with Crippen LogP contribution in [0.15, 0.2) is 30.3 Å². The molecule has 1 fully saturated rings. The number of benzene rings is 1. The molecule has 1 aromatic heterocycles. The van der Waals surface area contributed by atoms with Gasteiger partial charge in [-0.1, -0.05) is 18.2 Å². The van der Waals surface area contributed by atoms with Crippen molar-refractivity contribution in [3.05, 3.63) is 53.2 Å². The first kappa shape index (κ1) is 18.3. The van der Waals surface area contributed by atoms with Crippen LogP contribution in [0.1, 0.15) is 49.8 Å². The molecule has 26 heavy (non-hydrogen) atoms. The van der Waals surface area contributed by atoms with Gasteiger partial charge in [0.1, 0.15) is 17.5 Å². The molecule has 0 saturated carbocycles. The van der Waals surface area contributed by atoms with Gasteiger partial charge < -0.3 is 10.2 Å². The quantitative estimate of drug-likeness (QED) is 0.909. The summed E-state index contributed by atoms with van der Waals surface area (Å²) in [5, 5.41) is 3.04. The van der Waals surface area contributed by atoms with Crippen LogP contribution < -0.4 is 5.32 Å². The molecule has 1 atom stereocenters. The summed E-state index contributed by atoms with van der Waals surface area (Å²) >= 11 is 0. The molecule has 0 bridgehead atoms. The van der Waals surface area contributed by atoms with Crippen LogP contribution in [0.5, 0.6) is 0 Å². The minimum absolute atomic E-state index is 0.0765. The Morgan fingerprint density at radius 3 is 2.73 bits per heavy atom. The van der Waals surface area contributed by atoms with Gasteiger partial charge in [-0.2, -0.15) is 0 Å². The average molecular weight is 356 g/mol. The molecular weight excluding hydrogens is 331 g/mol. The van der Waals surface area contributed by atoms with Crippen molar-refractivity contribution in [1.29, 1.82) is 0 Å². The van der Waals surface area contributed by atoms with E-state index in [1.807, 2.05) is 24.9 Å². The summed E-state index contributed by atoms with van der Waals surface area (Å²) in [5.74, 6) is 0.976. The molecule has 2 aromatic rings. The smallest absolute Gasteiger partial charge is 0.233 e. The summed E-state index contributed by atoms with van der Waals surface area (Å²) < 4.78 is 14.3. The van der Waals surface area contributed by atoms with E-state index in [0.29, 0.717) is 17.9 Å². The molecule has 1 N–H and O–H groups in total. The molecule has 6 heteroatoms. The number of nitrogens with one attached hydrogen (secondary N) is 1.